The van der Waals surface area contributed by atoms with Gasteiger partial charge in [-0.2, -0.15) is 0 Å². The summed E-state index contributed by atoms with van der Waals surface area (Å²) < 4.78 is 26.4. The predicted octanol–water partition coefficient (Wildman–Crippen LogP) is 2.94. The Hall–Kier alpha value is -2.89. The number of aromatic nitrogens is 2. The van der Waals surface area contributed by atoms with Crippen LogP contribution in [0.15, 0.2) is 53.6 Å². The fourth-order valence-electron chi connectivity index (χ4n) is 2.85. The van der Waals surface area contributed by atoms with Crippen LogP contribution in [-0.2, 0) is 0 Å². The number of fused-ring (bicyclic) bond motifs is 2. The van der Waals surface area contributed by atoms with E-state index in [0.29, 0.717) is 29.0 Å². The van der Waals surface area contributed by atoms with Crippen LogP contribution in [0.3, 0.4) is 0 Å². The summed E-state index contributed by atoms with van der Waals surface area (Å²) in [7, 11) is 0. The van der Waals surface area contributed by atoms with Crippen molar-refractivity contribution < 1.29 is 13.9 Å². The molecule has 4 rings (SSSR count). The van der Waals surface area contributed by atoms with Crippen LogP contribution in [0, 0.1) is 5.82 Å². The SMILES string of the molecule is C[C@@H]([C@H]1COc2ccccc2O1)n1cnc2cc(F)ccc2c1=O. The van der Waals surface area contributed by atoms with Crippen LogP contribution in [0.4, 0.5) is 4.39 Å². The molecule has 1 aliphatic heterocycles. The first-order chi connectivity index (χ1) is 11.6. The Labute approximate surface area is 137 Å². The lowest BCUT2D eigenvalue weighted by molar-refractivity contribution is 0.0559. The maximum absolute atomic E-state index is 13.3. The lowest BCUT2D eigenvalue weighted by Gasteiger charge is -2.31. The van der Waals surface area contributed by atoms with Gasteiger partial charge in [0.05, 0.1) is 23.3 Å². The minimum absolute atomic E-state index is 0.227. The van der Waals surface area contributed by atoms with Crippen LogP contribution in [0.5, 0.6) is 11.5 Å². The molecule has 122 valence electrons. The van der Waals surface area contributed by atoms with Gasteiger partial charge in [-0.25, -0.2) is 9.37 Å². The molecule has 2 aromatic carbocycles. The van der Waals surface area contributed by atoms with E-state index in [1.54, 1.807) is 0 Å². The van der Waals surface area contributed by atoms with Gasteiger partial charge < -0.3 is 9.47 Å². The molecule has 0 saturated heterocycles. The van der Waals surface area contributed by atoms with Crippen molar-refractivity contribution in [3.05, 3.63) is 65.0 Å². The first-order valence-corrected chi connectivity index (χ1v) is 7.68. The molecule has 0 aliphatic carbocycles. The fourth-order valence-corrected chi connectivity index (χ4v) is 2.85. The molecule has 1 aliphatic rings. The molecule has 24 heavy (non-hydrogen) atoms. The number of rotatable bonds is 2. The van der Waals surface area contributed by atoms with Crippen molar-refractivity contribution in [3.63, 3.8) is 0 Å². The monoisotopic (exact) mass is 326 g/mol. The van der Waals surface area contributed by atoms with Gasteiger partial charge in [0, 0.05) is 6.07 Å². The normalized spacial score (nSPS) is 17.7. The Kier molecular flexibility index (Phi) is 3.45. The molecule has 5 nitrogen and oxygen atoms in total. The summed E-state index contributed by atoms with van der Waals surface area (Å²) in [6, 6.07) is 11.1. The average Bonchev–Trinajstić information content (AvgIpc) is 2.61. The molecule has 0 fully saturated rings. The smallest absolute Gasteiger partial charge is 0.261 e. The van der Waals surface area contributed by atoms with Crippen LogP contribution in [0.25, 0.3) is 10.9 Å². The fraction of sp³-hybridized carbons (Fsp3) is 0.222. The van der Waals surface area contributed by atoms with Crippen LogP contribution in [0.2, 0.25) is 0 Å². The van der Waals surface area contributed by atoms with Crippen molar-refractivity contribution in [2.75, 3.05) is 6.61 Å². The van der Waals surface area contributed by atoms with E-state index in [4.69, 9.17) is 9.47 Å². The zero-order valence-corrected chi connectivity index (χ0v) is 13.0. The zero-order valence-electron chi connectivity index (χ0n) is 13.0. The lowest BCUT2D eigenvalue weighted by atomic mass is 10.1. The molecule has 0 radical (unpaired) electrons. The quantitative estimate of drug-likeness (QED) is 0.726. The Balaban J connectivity index is 1.69. The Morgan fingerprint density at radius 1 is 1.25 bits per heavy atom. The van der Waals surface area contributed by atoms with Gasteiger partial charge in [-0.05, 0) is 31.2 Å². The molecular weight excluding hydrogens is 311 g/mol. The van der Waals surface area contributed by atoms with E-state index < -0.39 is 5.82 Å². The van der Waals surface area contributed by atoms with E-state index in [-0.39, 0.29) is 17.7 Å². The second-order valence-electron chi connectivity index (χ2n) is 5.77. The third kappa shape index (κ3) is 2.40. The van der Waals surface area contributed by atoms with Gasteiger partial charge in [0.1, 0.15) is 12.4 Å². The second-order valence-corrected chi connectivity index (χ2v) is 5.77. The molecule has 0 unspecified atom stereocenters. The number of ether oxygens (including phenoxy) is 2. The minimum atomic E-state index is -0.416. The molecule has 6 heteroatoms. The molecule has 1 aromatic heterocycles. The van der Waals surface area contributed by atoms with Crippen molar-refractivity contribution in [1.82, 2.24) is 9.55 Å². The maximum Gasteiger partial charge on any atom is 0.261 e. The van der Waals surface area contributed by atoms with Crippen molar-refractivity contribution in [3.8, 4) is 11.5 Å². The summed E-state index contributed by atoms with van der Waals surface area (Å²) in [6.07, 6.45) is 1.11. The van der Waals surface area contributed by atoms with E-state index >= 15 is 0 Å². The van der Waals surface area contributed by atoms with Gasteiger partial charge in [0.25, 0.3) is 5.56 Å². The lowest BCUT2D eigenvalue weighted by Crippen LogP contribution is -2.39. The summed E-state index contributed by atoms with van der Waals surface area (Å²) in [5, 5.41) is 0.378. The van der Waals surface area contributed by atoms with Gasteiger partial charge in [-0.3, -0.25) is 9.36 Å². The van der Waals surface area contributed by atoms with Crippen LogP contribution in [-0.4, -0.2) is 22.3 Å². The van der Waals surface area contributed by atoms with Crippen LogP contribution in [0.1, 0.15) is 13.0 Å². The van der Waals surface area contributed by atoms with Gasteiger partial charge in [0.15, 0.2) is 17.6 Å². The van der Waals surface area contributed by atoms with Crippen molar-refractivity contribution in [1.29, 1.82) is 0 Å². The highest BCUT2D eigenvalue weighted by Crippen LogP contribution is 2.33. The molecular formula is C18H15FN2O3. The molecule has 0 amide bonds. The van der Waals surface area contributed by atoms with E-state index in [2.05, 4.69) is 4.98 Å². The summed E-state index contributed by atoms with van der Waals surface area (Å²) in [5.74, 6) is 0.936. The van der Waals surface area contributed by atoms with Gasteiger partial charge in [-0.15, -0.1) is 0 Å². The van der Waals surface area contributed by atoms with Gasteiger partial charge >= 0.3 is 0 Å². The number of benzene rings is 2. The average molecular weight is 326 g/mol. The van der Waals surface area contributed by atoms with E-state index in [1.165, 1.54) is 29.1 Å². The Morgan fingerprint density at radius 2 is 2.04 bits per heavy atom. The maximum atomic E-state index is 13.3. The molecule has 3 aromatic rings. The number of hydrogen-bond acceptors (Lipinski definition) is 4. The van der Waals surface area contributed by atoms with Crippen molar-refractivity contribution in [2.24, 2.45) is 0 Å². The molecule has 0 saturated carbocycles. The molecule has 2 atom stereocenters. The first kappa shape index (κ1) is 14.7. The Morgan fingerprint density at radius 3 is 2.88 bits per heavy atom. The van der Waals surface area contributed by atoms with E-state index in [1.807, 2.05) is 31.2 Å². The molecule has 0 N–H and O–H groups in total. The molecule has 2 heterocycles. The third-order valence-electron chi connectivity index (χ3n) is 4.25. The summed E-state index contributed by atoms with van der Waals surface area (Å²) in [6.45, 7) is 2.21. The predicted molar refractivity (Wildman–Crippen MR) is 87.0 cm³/mol. The topological polar surface area (TPSA) is 53.4 Å². The number of nitrogens with zero attached hydrogens (tertiary/aromatic N) is 2. The van der Waals surface area contributed by atoms with Crippen LogP contribution < -0.4 is 15.0 Å². The largest absolute Gasteiger partial charge is 0.486 e. The summed E-state index contributed by atoms with van der Waals surface area (Å²) in [4.78, 5) is 16.9. The number of halogens is 1. The number of para-hydroxylation sites is 2. The number of hydrogen-bond donors (Lipinski definition) is 0. The zero-order chi connectivity index (χ0) is 16.7. The highest BCUT2D eigenvalue weighted by molar-refractivity contribution is 5.77. The Bertz CT molecular complexity index is 970. The summed E-state index contributed by atoms with van der Waals surface area (Å²) >= 11 is 0. The van der Waals surface area contributed by atoms with Gasteiger partial charge in [-0.1, -0.05) is 12.1 Å². The second kappa shape index (κ2) is 5.63. The molecule has 0 spiro atoms. The summed E-state index contributed by atoms with van der Waals surface area (Å²) in [5.41, 5.74) is 0.115. The third-order valence-corrected chi connectivity index (χ3v) is 4.25. The first-order valence-electron chi connectivity index (χ1n) is 7.68. The highest BCUT2D eigenvalue weighted by atomic mass is 19.1. The molecule has 0 bridgehead atoms. The van der Waals surface area contributed by atoms with Crippen molar-refractivity contribution >= 4 is 10.9 Å². The highest BCUT2D eigenvalue weighted by Gasteiger charge is 2.28. The van der Waals surface area contributed by atoms with Crippen molar-refractivity contribution in [2.45, 2.75) is 19.1 Å². The minimum Gasteiger partial charge on any atom is -0.486 e. The van der Waals surface area contributed by atoms with E-state index in [9.17, 15) is 9.18 Å². The van der Waals surface area contributed by atoms with Gasteiger partial charge in [0.2, 0.25) is 0 Å². The van der Waals surface area contributed by atoms with Crippen LogP contribution >= 0.6 is 0 Å². The van der Waals surface area contributed by atoms with E-state index in [0.717, 1.165) is 0 Å². The standard InChI is InChI=1S/C18H15FN2O3/c1-11(17-9-23-15-4-2-3-5-16(15)24-17)21-10-20-14-8-12(19)6-7-13(14)18(21)22/h2-8,10-11,17H,9H2,1H3/t11-,17+/m0/s1.